The van der Waals surface area contributed by atoms with Crippen LogP contribution >= 0.6 is 0 Å². The minimum Gasteiger partial charge on any atom is -0.317 e. The van der Waals surface area contributed by atoms with Crippen LogP contribution in [-0.2, 0) is 26.1 Å². The molecule has 1 saturated heterocycles. The van der Waals surface area contributed by atoms with Gasteiger partial charge in [-0.15, -0.1) is 0 Å². The molecule has 0 saturated carbocycles. The van der Waals surface area contributed by atoms with Gasteiger partial charge in [0.15, 0.2) is 19.7 Å². The Bertz CT molecular complexity index is 814. The standard InChI is InChI=1S/C19H32N2O4S2/c1-5-21(19(27(4,24)25)17-10-12-20-13-11-17)15(2)14-16-6-8-18(9-7-16)26(3,22)23/h6-9,15,17,19-20H,5,10-14H2,1-4H3. The lowest BCUT2D eigenvalue weighted by molar-refractivity contribution is 0.138. The number of sulfone groups is 2. The van der Waals surface area contributed by atoms with E-state index in [9.17, 15) is 16.8 Å². The fourth-order valence-corrected chi connectivity index (χ4v) is 6.52. The van der Waals surface area contributed by atoms with Crippen molar-refractivity contribution in [2.45, 2.75) is 49.4 Å². The van der Waals surface area contributed by atoms with E-state index in [2.05, 4.69) is 10.2 Å². The van der Waals surface area contributed by atoms with Crippen LogP contribution in [0.4, 0.5) is 0 Å². The van der Waals surface area contributed by atoms with Crippen molar-refractivity contribution in [3.63, 3.8) is 0 Å². The van der Waals surface area contributed by atoms with Crippen molar-refractivity contribution in [3.05, 3.63) is 29.8 Å². The Hall–Kier alpha value is -0.960. The zero-order valence-electron chi connectivity index (χ0n) is 16.7. The Labute approximate surface area is 164 Å². The summed E-state index contributed by atoms with van der Waals surface area (Å²) in [5.41, 5.74) is 1.01. The molecule has 27 heavy (non-hydrogen) atoms. The smallest absolute Gasteiger partial charge is 0.175 e. The predicted octanol–water partition coefficient (Wildman–Crippen LogP) is 1.71. The highest BCUT2D eigenvalue weighted by molar-refractivity contribution is 7.91. The average Bonchev–Trinajstić information content (AvgIpc) is 2.58. The van der Waals surface area contributed by atoms with Crippen LogP contribution in [0.3, 0.4) is 0 Å². The largest absolute Gasteiger partial charge is 0.317 e. The third-order valence-electron chi connectivity index (χ3n) is 5.37. The number of benzene rings is 1. The van der Waals surface area contributed by atoms with Crippen molar-refractivity contribution in [2.75, 3.05) is 32.1 Å². The van der Waals surface area contributed by atoms with Gasteiger partial charge in [0.25, 0.3) is 0 Å². The normalized spacial score (nSPS) is 19.1. The van der Waals surface area contributed by atoms with Gasteiger partial charge in [-0.1, -0.05) is 19.1 Å². The second-order valence-corrected chi connectivity index (χ2v) is 11.8. The molecule has 2 unspecified atom stereocenters. The second-order valence-electron chi connectivity index (χ2n) is 7.61. The van der Waals surface area contributed by atoms with Gasteiger partial charge in [-0.25, -0.2) is 16.8 Å². The molecule has 1 aromatic carbocycles. The van der Waals surface area contributed by atoms with Crippen molar-refractivity contribution >= 4 is 19.7 Å². The highest BCUT2D eigenvalue weighted by atomic mass is 32.2. The highest BCUT2D eigenvalue weighted by Crippen LogP contribution is 2.27. The Morgan fingerprint density at radius 1 is 1.07 bits per heavy atom. The first-order chi connectivity index (χ1) is 12.5. The van der Waals surface area contributed by atoms with Gasteiger partial charge < -0.3 is 5.32 Å². The van der Waals surface area contributed by atoms with Crippen LogP contribution < -0.4 is 5.32 Å². The summed E-state index contributed by atoms with van der Waals surface area (Å²) in [6.45, 7) is 6.42. The maximum atomic E-state index is 12.6. The molecule has 1 N–H and O–H groups in total. The minimum absolute atomic E-state index is 0.0358. The summed E-state index contributed by atoms with van der Waals surface area (Å²) in [5, 5.41) is 2.83. The summed E-state index contributed by atoms with van der Waals surface area (Å²) in [6.07, 6.45) is 4.94. The molecule has 0 amide bonds. The summed E-state index contributed by atoms with van der Waals surface area (Å²) in [6, 6.07) is 6.92. The van der Waals surface area contributed by atoms with E-state index in [4.69, 9.17) is 0 Å². The van der Waals surface area contributed by atoms with Crippen molar-refractivity contribution in [1.29, 1.82) is 0 Å². The molecule has 0 radical (unpaired) electrons. The van der Waals surface area contributed by atoms with E-state index in [-0.39, 0.29) is 12.0 Å². The topological polar surface area (TPSA) is 83.6 Å². The quantitative estimate of drug-likeness (QED) is 0.695. The molecular weight excluding hydrogens is 384 g/mol. The first kappa shape index (κ1) is 22.3. The Morgan fingerprint density at radius 3 is 2.07 bits per heavy atom. The highest BCUT2D eigenvalue weighted by Gasteiger charge is 2.37. The molecule has 1 aliphatic rings. The van der Waals surface area contributed by atoms with Gasteiger partial charge in [0.2, 0.25) is 0 Å². The number of hydrogen-bond acceptors (Lipinski definition) is 6. The summed E-state index contributed by atoms with van der Waals surface area (Å²) < 4.78 is 48.5. The molecule has 1 heterocycles. The van der Waals surface area contributed by atoms with Crippen molar-refractivity contribution in [3.8, 4) is 0 Å². The lowest BCUT2D eigenvalue weighted by Crippen LogP contribution is -2.52. The van der Waals surface area contributed by atoms with Crippen LogP contribution in [0, 0.1) is 5.92 Å². The predicted molar refractivity (Wildman–Crippen MR) is 109 cm³/mol. The number of hydrogen-bond donors (Lipinski definition) is 1. The molecule has 0 bridgehead atoms. The minimum atomic E-state index is -3.22. The van der Waals surface area contributed by atoms with Gasteiger partial charge in [-0.3, -0.25) is 4.90 Å². The number of rotatable bonds is 8. The molecule has 8 heteroatoms. The van der Waals surface area contributed by atoms with E-state index in [1.165, 1.54) is 12.5 Å². The second kappa shape index (κ2) is 9.03. The average molecular weight is 417 g/mol. The van der Waals surface area contributed by atoms with Gasteiger partial charge in [0, 0.05) is 18.6 Å². The molecular formula is C19H32N2O4S2. The summed E-state index contributed by atoms with van der Waals surface area (Å²) in [7, 11) is -6.43. The molecule has 0 aliphatic carbocycles. The third-order valence-corrected chi connectivity index (χ3v) is 8.03. The van der Waals surface area contributed by atoms with Crippen LogP contribution in [-0.4, -0.2) is 65.3 Å². The van der Waals surface area contributed by atoms with Crippen LogP contribution in [0.5, 0.6) is 0 Å². The van der Waals surface area contributed by atoms with Gasteiger partial charge in [-0.05, 0) is 69.4 Å². The SMILES string of the molecule is CCN(C(C)Cc1ccc(S(C)(=O)=O)cc1)C(C1CCNCC1)S(C)(=O)=O. The molecule has 2 atom stereocenters. The third kappa shape index (κ3) is 6.01. The van der Waals surface area contributed by atoms with Gasteiger partial charge in [0.1, 0.15) is 5.37 Å². The summed E-state index contributed by atoms with van der Waals surface area (Å²) in [4.78, 5) is 2.39. The van der Waals surface area contributed by atoms with Crippen LogP contribution in [0.15, 0.2) is 29.2 Å². The number of nitrogens with zero attached hydrogens (tertiary/aromatic N) is 1. The van der Waals surface area contributed by atoms with E-state index >= 15 is 0 Å². The lowest BCUT2D eigenvalue weighted by Gasteiger charge is -2.40. The number of likely N-dealkylation sites (N-methyl/N-ethyl adjacent to an activating group) is 1. The van der Waals surface area contributed by atoms with E-state index in [1.807, 2.05) is 26.0 Å². The summed E-state index contributed by atoms with van der Waals surface area (Å²) >= 11 is 0. The first-order valence-corrected chi connectivity index (χ1v) is 13.3. The summed E-state index contributed by atoms with van der Waals surface area (Å²) in [5.74, 6) is 0.135. The van der Waals surface area contributed by atoms with Gasteiger partial charge in [-0.2, -0.15) is 0 Å². The molecule has 1 aliphatic heterocycles. The maximum Gasteiger partial charge on any atom is 0.175 e. The molecule has 154 valence electrons. The van der Waals surface area contributed by atoms with E-state index in [0.717, 1.165) is 31.5 Å². The monoisotopic (exact) mass is 416 g/mol. The Morgan fingerprint density at radius 2 is 1.63 bits per heavy atom. The molecule has 0 aromatic heterocycles. The first-order valence-electron chi connectivity index (χ1n) is 9.48. The fraction of sp³-hybridized carbons (Fsp3) is 0.684. The van der Waals surface area contributed by atoms with E-state index in [1.54, 1.807) is 12.1 Å². The van der Waals surface area contributed by atoms with E-state index in [0.29, 0.717) is 17.9 Å². The lowest BCUT2D eigenvalue weighted by atomic mass is 9.95. The Kier molecular flexibility index (Phi) is 7.47. The zero-order valence-corrected chi connectivity index (χ0v) is 18.3. The molecule has 1 fully saturated rings. The molecule has 6 nitrogen and oxygen atoms in total. The fourth-order valence-electron chi connectivity index (χ4n) is 4.07. The molecule has 0 spiro atoms. The molecule has 2 rings (SSSR count). The zero-order chi connectivity index (χ0) is 20.2. The van der Waals surface area contributed by atoms with Gasteiger partial charge in [0.05, 0.1) is 4.90 Å². The number of piperidine rings is 1. The van der Waals surface area contributed by atoms with Crippen LogP contribution in [0.1, 0.15) is 32.3 Å². The van der Waals surface area contributed by atoms with Crippen molar-refractivity contribution < 1.29 is 16.8 Å². The molecule has 1 aromatic rings. The van der Waals surface area contributed by atoms with Gasteiger partial charge >= 0.3 is 0 Å². The number of nitrogens with one attached hydrogen (secondary N) is 1. The van der Waals surface area contributed by atoms with E-state index < -0.39 is 25.0 Å². The van der Waals surface area contributed by atoms with Crippen LogP contribution in [0.25, 0.3) is 0 Å². The maximum absolute atomic E-state index is 12.6. The van der Waals surface area contributed by atoms with Crippen LogP contribution in [0.2, 0.25) is 0 Å². The van der Waals surface area contributed by atoms with Crippen molar-refractivity contribution in [1.82, 2.24) is 10.2 Å². The Balaban J connectivity index is 2.20. The van der Waals surface area contributed by atoms with Crippen molar-refractivity contribution in [2.24, 2.45) is 5.92 Å².